The van der Waals surface area contributed by atoms with Crippen LogP contribution in [0.1, 0.15) is 25.7 Å². The molecule has 27 heavy (non-hydrogen) atoms. The summed E-state index contributed by atoms with van der Waals surface area (Å²) >= 11 is 0. The van der Waals surface area contributed by atoms with Gasteiger partial charge in [0.2, 0.25) is 11.8 Å². The van der Waals surface area contributed by atoms with E-state index >= 15 is 0 Å². The molecule has 1 unspecified atom stereocenters. The highest BCUT2D eigenvalue weighted by Gasteiger charge is 2.38. The van der Waals surface area contributed by atoms with Crippen LogP contribution < -0.4 is 4.90 Å². The van der Waals surface area contributed by atoms with Crippen molar-refractivity contribution in [3.05, 3.63) is 34.4 Å². The Labute approximate surface area is 158 Å². The van der Waals surface area contributed by atoms with Crippen LogP contribution in [-0.2, 0) is 9.59 Å². The number of amides is 2. The van der Waals surface area contributed by atoms with Gasteiger partial charge in [0.05, 0.1) is 4.92 Å². The standard InChI is InChI=1S/C19H26N4O4/c1-20(2)19(25)17-8-5-11-22(17)18(24)14-9-12-21(13-10-14)15-6-3-4-7-16(15)23(26)27/h3-4,6-7,14,17H,5,8-13H2,1-2H3. The number of nitrogens with zero attached hydrogens (tertiary/aromatic N) is 4. The number of hydrogen-bond acceptors (Lipinski definition) is 5. The largest absolute Gasteiger partial charge is 0.366 e. The summed E-state index contributed by atoms with van der Waals surface area (Å²) in [5, 5.41) is 11.2. The zero-order chi connectivity index (χ0) is 19.6. The maximum absolute atomic E-state index is 13.0. The predicted octanol–water partition coefficient (Wildman–Crippen LogP) is 1.89. The molecule has 0 saturated carbocycles. The van der Waals surface area contributed by atoms with Crippen molar-refractivity contribution in [3.8, 4) is 0 Å². The molecule has 2 saturated heterocycles. The number of anilines is 1. The van der Waals surface area contributed by atoms with Gasteiger partial charge in [0.1, 0.15) is 11.7 Å². The summed E-state index contributed by atoms with van der Waals surface area (Å²) < 4.78 is 0. The minimum Gasteiger partial charge on any atom is -0.366 e. The molecule has 146 valence electrons. The van der Waals surface area contributed by atoms with Gasteiger partial charge in [-0.2, -0.15) is 0 Å². The number of piperidine rings is 1. The summed E-state index contributed by atoms with van der Waals surface area (Å²) in [6.45, 7) is 1.83. The first-order valence-electron chi connectivity index (χ1n) is 9.40. The van der Waals surface area contributed by atoms with E-state index in [1.54, 1.807) is 42.1 Å². The highest BCUT2D eigenvalue weighted by atomic mass is 16.6. The van der Waals surface area contributed by atoms with Crippen molar-refractivity contribution < 1.29 is 14.5 Å². The minimum absolute atomic E-state index is 0.0156. The van der Waals surface area contributed by atoms with E-state index in [0.29, 0.717) is 38.2 Å². The van der Waals surface area contributed by atoms with E-state index in [-0.39, 0.29) is 34.4 Å². The van der Waals surface area contributed by atoms with Gasteiger partial charge in [0.25, 0.3) is 5.69 Å². The molecule has 1 aromatic rings. The van der Waals surface area contributed by atoms with Gasteiger partial charge in [0, 0.05) is 45.7 Å². The lowest BCUT2D eigenvalue weighted by atomic mass is 9.94. The third-order valence-electron chi connectivity index (χ3n) is 5.53. The van der Waals surface area contributed by atoms with Crippen molar-refractivity contribution in [2.75, 3.05) is 38.6 Å². The first-order chi connectivity index (χ1) is 12.9. The molecule has 8 nitrogen and oxygen atoms in total. The molecule has 8 heteroatoms. The fourth-order valence-electron chi connectivity index (χ4n) is 4.07. The van der Waals surface area contributed by atoms with Gasteiger partial charge in [0.15, 0.2) is 0 Å². The Morgan fingerprint density at radius 2 is 1.78 bits per heavy atom. The van der Waals surface area contributed by atoms with Gasteiger partial charge < -0.3 is 14.7 Å². The molecule has 0 N–H and O–H groups in total. The summed E-state index contributed by atoms with van der Waals surface area (Å²) in [6, 6.07) is 6.37. The molecule has 2 heterocycles. The van der Waals surface area contributed by atoms with Crippen LogP contribution in [0.25, 0.3) is 0 Å². The molecule has 0 bridgehead atoms. The Bertz CT molecular complexity index is 728. The summed E-state index contributed by atoms with van der Waals surface area (Å²) in [5.41, 5.74) is 0.702. The van der Waals surface area contributed by atoms with Crippen LogP contribution in [0.3, 0.4) is 0 Å². The lowest BCUT2D eigenvalue weighted by Gasteiger charge is -2.35. The fourth-order valence-corrected chi connectivity index (χ4v) is 4.07. The number of nitro benzene ring substituents is 1. The molecule has 2 amide bonds. The Kier molecular flexibility index (Phi) is 5.62. The maximum atomic E-state index is 13.0. The number of likely N-dealkylation sites (tertiary alicyclic amines) is 1. The number of nitro groups is 1. The van der Waals surface area contributed by atoms with Crippen molar-refractivity contribution >= 4 is 23.2 Å². The van der Waals surface area contributed by atoms with Crippen LogP contribution in [0, 0.1) is 16.0 Å². The average Bonchev–Trinajstić information content (AvgIpc) is 3.16. The fraction of sp³-hybridized carbons (Fsp3) is 0.579. The minimum atomic E-state index is -0.367. The van der Waals surface area contributed by atoms with Crippen molar-refractivity contribution in [3.63, 3.8) is 0 Å². The van der Waals surface area contributed by atoms with Crippen molar-refractivity contribution in [1.82, 2.24) is 9.80 Å². The van der Waals surface area contributed by atoms with Gasteiger partial charge in [-0.3, -0.25) is 19.7 Å². The summed E-state index contributed by atoms with van der Waals surface area (Å²) in [6.07, 6.45) is 2.86. The summed E-state index contributed by atoms with van der Waals surface area (Å²) in [5.74, 6) is -0.0901. The van der Waals surface area contributed by atoms with Crippen molar-refractivity contribution in [2.24, 2.45) is 5.92 Å². The number of benzene rings is 1. The molecule has 2 fully saturated rings. The molecule has 0 spiro atoms. The molecule has 3 rings (SSSR count). The first kappa shape index (κ1) is 19.1. The Balaban J connectivity index is 1.65. The van der Waals surface area contributed by atoms with Crippen LogP contribution >= 0.6 is 0 Å². The number of hydrogen-bond donors (Lipinski definition) is 0. The number of carbonyl (C=O) groups is 2. The van der Waals surface area contributed by atoms with Gasteiger partial charge in [-0.1, -0.05) is 12.1 Å². The Hall–Kier alpha value is -2.64. The first-order valence-corrected chi connectivity index (χ1v) is 9.40. The van der Waals surface area contributed by atoms with Gasteiger partial charge in [-0.15, -0.1) is 0 Å². The Morgan fingerprint density at radius 3 is 2.41 bits per heavy atom. The van der Waals surface area contributed by atoms with E-state index in [4.69, 9.17) is 0 Å². The van der Waals surface area contributed by atoms with Gasteiger partial charge in [-0.05, 0) is 31.7 Å². The lowest BCUT2D eigenvalue weighted by molar-refractivity contribution is -0.384. The average molecular weight is 374 g/mol. The van der Waals surface area contributed by atoms with Crippen molar-refractivity contribution in [1.29, 1.82) is 0 Å². The van der Waals surface area contributed by atoms with E-state index in [2.05, 4.69) is 0 Å². The van der Waals surface area contributed by atoms with Crippen LogP contribution in [-0.4, -0.2) is 66.3 Å². The normalized spacial score (nSPS) is 20.6. The monoisotopic (exact) mass is 374 g/mol. The molecular weight excluding hydrogens is 348 g/mol. The highest BCUT2D eigenvalue weighted by molar-refractivity contribution is 5.89. The maximum Gasteiger partial charge on any atom is 0.292 e. The second-order valence-corrected chi connectivity index (χ2v) is 7.43. The highest BCUT2D eigenvalue weighted by Crippen LogP contribution is 2.32. The lowest BCUT2D eigenvalue weighted by Crippen LogP contribution is -2.49. The molecule has 2 aliphatic rings. The molecule has 0 radical (unpaired) electrons. The smallest absolute Gasteiger partial charge is 0.292 e. The van der Waals surface area contributed by atoms with E-state index in [1.807, 2.05) is 4.90 Å². The third-order valence-corrected chi connectivity index (χ3v) is 5.53. The number of likely N-dealkylation sites (N-methyl/N-ethyl adjacent to an activating group) is 1. The molecule has 2 aliphatic heterocycles. The van der Waals surface area contributed by atoms with Gasteiger partial charge in [-0.25, -0.2) is 0 Å². The van der Waals surface area contributed by atoms with Crippen LogP contribution in [0.2, 0.25) is 0 Å². The quantitative estimate of drug-likeness (QED) is 0.593. The third kappa shape index (κ3) is 3.89. The van der Waals surface area contributed by atoms with E-state index in [1.165, 1.54) is 6.07 Å². The zero-order valence-electron chi connectivity index (χ0n) is 15.8. The second kappa shape index (κ2) is 7.94. The number of para-hydroxylation sites is 2. The molecule has 0 aliphatic carbocycles. The van der Waals surface area contributed by atoms with E-state index < -0.39 is 0 Å². The zero-order valence-corrected chi connectivity index (χ0v) is 15.8. The number of rotatable bonds is 4. The second-order valence-electron chi connectivity index (χ2n) is 7.43. The summed E-state index contributed by atoms with van der Waals surface area (Å²) in [7, 11) is 3.43. The molecule has 0 aromatic heterocycles. The molecular formula is C19H26N4O4. The topological polar surface area (TPSA) is 87.0 Å². The SMILES string of the molecule is CN(C)C(=O)C1CCCN1C(=O)C1CCN(c2ccccc2[N+](=O)[O-])CC1. The van der Waals surface area contributed by atoms with E-state index in [9.17, 15) is 19.7 Å². The molecule has 1 aromatic carbocycles. The van der Waals surface area contributed by atoms with Crippen LogP contribution in [0.5, 0.6) is 0 Å². The molecule has 1 atom stereocenters. The van der Waals surface area contributed by atoms with Crippen molar-refractivity contribution in [2.45, 2.75) is 31.7 Å². The van der Waals surface area contributed by atoms with Crippen LogP contribution in [0.15, 0.2) is 24.3 Å². The van der Waals surface area contributed by atoms with E-state index in [0.717, 1.165) is 12.8 Å². The predicted molar refractivity (Wildman–Crippen MR) is 101 cm³/mol. The van der Waals surface area contributed by atoms with Gasteiger partial charge >= 0.3 is 0 Å². The van der Waals surface area contributed by atoms with Crippen LogP contribution in [0.4, 0.5) is 11.4 Å². The summed E-state index contributed by atoms with van der Waals surface area (Å²) in [4.78, 5) is 41.5. The number of carbonyl (C=O) groups excluding carboxylic acids is 2. The Morgan fingerprint density at radius 1 is 1.11 bits per heavy atom.